The van der Waals surface area contributed by atoms with Crippen molar-refractivity contribution in [2.24, 2.45) is 5.92 Å². The molecule has 1 fully saturated rings. The minimum atomic E-state index is -0.330. The third-order valence-electron chi connectivity index (χ3n) is 3.86. The third kappa shape index (κ3) is 4.76. The van der Waals surface area contributed by atoms with Crippen LogP contribution in [0.1, 0.15) is 40.0 Å². The maximum absolute atomic E-state index is 12.0. The molecule has 1 aromatic carbocycles. The number of rotatable bonds is 7. The first kappa shape index (κ1) is 16.3. The van der Waals surface area contributed by atoms with Gasteiger partial charge in [-0.15, -0.1) is 0 Å². The number of benzene rings is 1. The van der Waals surface area contributed by atoms with Crippen molar-refractivity contribution >= 4 is 23.2 Å². The second-order valence-corrected chi connectivity index (χ2v) is 6.03. The molecular weight excluding hydrogens is 278 g/mol. The molecule has 120 valence electrons. The molecule has 3 N–H and O–H groups in total. The molecule has 0 aliphatic heterocycles. The van der Waals surface area contributed by atoms with Gasteiger partial charge < -0.3 is 16.0 Å². The Morgan fingerprint density at radius 2 is 1.91 bits per heavy atom. The summed E-state index contributed by atoms with van der Waals surface area (Å²) in [5.41, 5.74) is 1.58. The highest BCUT2D eigenvalue weighted by atomic mass is 16.2. The highest BCUT2D eigenvalue weighted by molar-refractivity contribution is 5.94. The summed E-state index contributed by atoms with van der Waals surface area (Å²) < 4.78 is 0. The Morgan fingerprint density at radius 1 is 1.23 bits per heavy atom. The molecule has 1 aliphatic carbocycles. The summed E-state index contributed by atoms with van der Waals surface area (Å²) in [6, 6.07) is 7.30. The Morgan fingerprint density at radius 3 is 2.55 bits per heavy atom. The number of carbonyl (C=O) groups is 2. The van der Waals surface area contributed by atoms with Gasteiger partial charge in [-0.2, -0.15) is 0 Å². The molecule has 2 atom stereocenters. The fraction of sp³-hybridized carbons (Fsp3) is 0.529. The Hall–Kier alpha value is -2.04. The van der Waals surface area contributed by atoms with Crippen LogP contribution in [0, 0.1) is 5.92 Å². The molecule has 0 radical (unpaired) electrons. The normalized spacial score (nSPS) is 16.5. The fourth-order valence-corrected chi connectivity index (χ4v) is 2.06. The van der Waals surface area contributed by atoms with E-state index in [1.165, 1.54) is 0 Å². The minimum absolute atomic E-state index is 0.0261. The van der Waals surface area contributed by atoms with Crippen LogP contribution in [0.25, 0.3) is 0 Å². The van der Waals surface area contributed by atoms with Gasteiger partial charge in [-0.25, -0.2) is 0 Å². The van der Waals surface area contributed by atoms with Gasteiger partial charge in [0.2, 0.25) is 11.8 Å². The number of hydrogen-bond donors (Lipinski definition) is 3. The van der Waals surface area contributed by atoms with Crippen LogP contribution in [0.15, 0.2) is 24.3 Å². The van der Waals surface area contributed by atoms with E-state index < -0.39 is 0 Å². The lowest BCUT2D eigenvalue weighted by atomic mass is 10.2. The number of anilines is 2. The van der Waals surface area contributed by atoms with Gasteiger partial charge in [-0.1, -0.05) is 13.0 Å². The Balaban J connectivity index is 1.91. The van der Waals surface area contributed by atoms with Crippen molar-refractivity contribution < 1.29 is 9.59 Å². The van der Waals surface area contributed by atoms with Gasteiger partial charge in [-0.3, -0.25) is 9.59 Å². The van der Waals surface area contributed by atoms with E-state index in [1.807, 2.05) is 45.0 Å². The number of nitrogens with one attached hydrogen (secondary N) is 3. The Bertz CT molecular complexity index is 540. The van der Waals surface area contributed by atoms with E-state index in [4.69, 9.17) is 0 Å². The van der Waals surface area contributed by atoms with Crippen molar-refractivity contribution in [1.82, 2.24) is 5.32 Å². The van der Waals surface area contributed by atoms with Crippen LogP contribution in [-0.4, -0.2) is 23.9 Å². The van der Waals surface area contributed by atoms with Crippen LogP contribution in [0.4, 0.5) is 11.4 Å². The maximum Gasteiger partial charge on any atom is 0.242 e. The number of carbonyl (C=O) groups excluding carboxylic acids is 2. The average Bonchev–Trinajstić information content (AvgIpc) is 3.32. The smallest absolute Gasteiger partial charge is 0.242 e. The zero-order valence-corrected chi connectivity index (χ0v) is 13.5. The van der Waals surface area contributed by atoms with Gasteiger partial charge in [0.1, 0.15) is 6.04 Å². The monoisotopic (exact) mass is 303 g/mol. The first-order valence-electron chi connectivity index (χ1n) is 7.97. The second kappa shape index (κ2) is 7.29. The molecule has 5 nitrogen and oxygen atoms in total. The second-order valence-electron chi connectivity index (χ2n) is 6.03. The lowest BCUT2D eigenvalue weighted by Crippen LogP contribution is -2.41. The van der Waals surface area contributed by atoms with Crippen molar-refractivity contribution in [3.63, 3.8) is 0 Å². The van der Waals surface area contributed by atoms with E-state index in [-0.39, 0.29) is 29.8 Å². The summed E-state index contributed by atoms with van der Waals surface area (Å²) in [5.74, 6) is 0.235. The van der Waals surface area contributed by atoms with Crippen LogP contribution in [0.5, 0.6) is 0 Å². The average molecular weight is 303 g/mol. The molecule has 2 amide bonds. The van der Waals surface area contributed by atoms with Gasteiger partial charge in [0, 0.05) is 23.3 Å². The van der Waals surface area contributed by atoms with Gasteiger partial charge in [-0.05, 0) is 51.3 Å². The Labute approximate surface area is 131 Å². The minimum Gasteiger partial charge on any atom is -0.374 e. The molecule has 0 heterocycles. The van der Waals surface area contributed by atoms with Crippen molar-refractivity contribution in [2.45, 2.75) is 52.1 Å². The highest BCUT2D eigenvalue weighted by Gasteiger charge is 2.29. The van der Waals surface area contributed by atoms with Crippen LogP contribution in [0.3, 0.4) is 0 Å². The van der Waals surface area contributed by atoms with E-state index in [0.29, 0.717) is 0 Å². The van der Waals surface area contributed by atoms with Crippen molar-refractivity contribution in [3.8, 4) is 0 Å². The van der Waals surface area contributed by atoms with Crippen molar-refractivity contribution in [2.75, 3.05) is 10.6 Å². The molecule has 22 heavy (non-hydrogen) atoms. The van der Waals surface area contributed by atoms with Crippen LogP contribution < -0.4 is 16.0 Å². The first-order valence-corrected chi connectivity index (χ1v) is 7.97. The molecule has 0 spiro atoms. The lowest BCUT2D eigenvalue weighted by Gasteiger charge is -2.18. The van der Waals surface area contributed by atoms with E-state index >= 15 is 0 Å². The number of amides is 2. The molecule has 2 rings (SSSR count). The molecule has 1 aliphatic rings. The van der Waals surface area contributed by atoms with Gasteiger partial charge in [0.15, 0.2) is 0 Å². The maximum atomic E-state index is 12.0. The molecule has 1 saturated carbocycles. The first-order chi connectivity index (χ1) is 10.5. The summed E-state index contributed by atoms with van der Waals surface area (Å²) in [7, 11) is 0. The van der Waals surface area contributed by atoms with E-state index in [2.05, 4.69) is 16.0 Å². The van der Waals surface area contributed by atoms with Crippen LogP contribution >= 0.6 is 0 Å². The molecule has 0 aromatic heterocycles. The zero-order valence-electron chi connectivity index (χ0n) is 13.5. The largest absolute Gasteiger partial charge is 0.374 e. The summed E-state index contributed by atoms with van der Waals surface area (Å²) in [6.45, 7) is 5.85. The predicted molar refractivity (Wildman–Crippen MR) is 88.8 cm³/mol. The lowest BCUT2D eigenvalue weighted by molar-refractivity contribution is -0.122. The van der Waals surface area contributed by atoms with Gasteiger partial charge in [0.05, 0.1) is 0 Å². The Kier molecular flexibility index (Phi) is 5.41. The molecule has 2 unspecified atom stereocenters. The van der Waals surface area contributed by atoms with Crippen LogP contribution in [-0.2, 0) is 9.59 Å². The van der Waals surface area contributed by atoms with E-state index in [9.17, 15) is 9.59 Å². The van der Waals surface area contributed by atoms with Gasteiger partial charge >= 0.3 is 0 Å². The van der Waals surface area contributed by atoms with Crippen molar-refractivity contribution in [3.05, 3.63) is 24.3 Å². The highest BCUT2D eigenvalue weighted by Crippen LogP contribution is 2.30. The van der Waals surface area contributed by atoms with Crippen molar-refractivity contribution in [1.29, 1.82) is 0 Å². The zero-order chi connectivity index (χ0) is 16.1. The molecule has 1 aromatic rings. The summed E-state index contributed by atoms with van der Waals surface area (Å²) in [6.07, 6.45) is 2.87. The van der Waals surface area contributed by atoms with Crippen LogP contribution in [0.2, 0.25) is 0 Å². The SMILES string of the molecule is CCC(C)NC(=O)C(C)Nc1cccc(NC(=O)C2CC2)c1. The molecule has 0 bridgehead atoms. The van der Waals surface area contributed by atoms with Gasteiger partial charge in [0.25, 0.3) is 0 Å². The molecular formula is C17H25N3O2. The molecule has 5 heteroatoms. The quantitative estimate of drug-likeness (QED) is 0.725. The fourth-order valence-electron chi connectivity index (χ4n) is 2.06. The third-order valence-corrected chi connectivity index (χ3v) is 3.86. The summed E-state index contributed by atoms with van der Waals surface area (Å²) >= 11 is 0. The summed E-state index contributed by atoms with van der Waals surface area (Å²) in [5, 5.41) is 9.02. The topological polar surface area (TPSA) is 70.2 Å². The molecule has 0 saturated heterocycles. The standard InChI is InChI=1S/C17H25N3O2/c1-4-11(2)18-16(21)12(3)19-14-6-5-7-15(10-14)20-17(22)13-8-9-13/h5-7,10-13,19H,4,8-9H2,1-3H3,(H,18,21)(H,20,22). The number of hydrogen-bond acceptors (Lipinski definition) is 3. The van der Waals surface area contributed by atoms with E-state index in [1.54, 1.807) is 0 Å². The predicted octanol–water partition coefficient (Wildman–Crippen LogP) is 2.75. The van der Waals surface area contributed by atoms with E-state index in [0.717, 1.165) is 30.6 Å². The summed E-state index contributed by atoms with van der Waals surface area (Å²) in [4.78, 5) is 23.8.